The predicted octanol–water partition coefficient (Wildman–Crippen LogP) is 2.61. The van der Waals surface area contributed by atoms with E-state index < -0.39 is 0 Å². The summed E-state index contributed by atoms with van der Waals surface area (Å²) in [6.07, 6.45) is 0.941. The third-order valence-corrected chi connectivity index (χ3v) is 3.26. The number of nitrogens with one attached hydrogen (secondary N) is 1. The van der Waals surface area contributed by atoms with Crippen LogP contribution >= 0.6 is 0 Å². The van der Waals surface area contributed by atoms with Crippen molar-refractivity contribution in [2.75, 3.05) is 19.5 Å². The third kappa shape index (κ3) is 3.04. The molecule has 0 fully saturated rings. The fourth-order valence-electron chi connectivity index (χ4n) is 2.05. The summed E-state index contributed by atoms with van der Waals surface area (Å²) in [5.74, 6) is 1.59. The maximum Gasteiger partial charge on any atom is 0.142 e. The highest BCUT2D eigenvalue weighted by Gasteiger charge is 2.07. The first-order valence-corrected chi connectivity index (χ1v) is 6.65. The van der Waals surface area contributed by atoms with E-state index in [1.807, 2.05) is 29.9 Å². The van der Waals surface area contributed by atoms with Gasteiger partial charge in [-0.25, -0.2) is 0 Å². The monoisotopic (exact) mass is 275 g/mol. The molecule has 1 aromatic carbocycles. The summed E-state index contributed by atoms with van der Waals surface area (Å²) in [5.41, 5.74) is 3.14. The van der Waals surface area contributed by atoms with Crippen LogP contribution < -0.4 is 14.8 Å². The Hall–Kier alpha value is -2.17. The topological polar surface area (TPSA) is 48.3 Å². The Morgan fingerprint density at radius 2 is 2.00 bits per heavy atom. The maximum absolute atomic E-state index is 5.35. The normalized spacial score (nSPS) is 10.4. The molecule has 1 heterocycles. The van der Waals surface area contributed by atoms with Crippen LogP contribution in [-0.4, -0.2) is 24.0 Å². The number of methoxy groups -OCH3 is 2. The van der Waals surface area contributed by atoms with Gasteiger partial charge in [0.25, 0.3) is 0 Å². The predicted molar refractivity (Wildman–Crippen MR) is 79.5 cm³/mol. The van der Waals surface area contributed by atoms with Gasteiger partial charge in [0, 0.05) is 13.1 Å². The molecule has 108 valence electrons. The lowest BCUT2D eigenvalue weighted by Gasteiger charge is -2.12. The molecule has 0 aliphatic rings. The van der Waals surface area contributed by atoms with Crippen LogP contribution in [0.5, 0.6) is 11.5 Å². The zero-order valence-electron chi connectivity index (χ0n) is 12.4. The van der Waals surface area contributed by atoms with Crippen LogP contribution in [0.4, 0.5) is 5.69 Å². The Morgan fingerprint density at radius 3 is 2.60 bits per heavy atom. The molecule has 2 aromatic rings. The number of nitrogens with zero attached hydrogens (tertiary/aromatic N) is 2. The summed E-state index contributed by atoms with van der Waals surface area (Å²) in [4.78, 5) is 0. The van der Waals surface area contributed by atoms with Gasteiger partial charge in [0.15, 0.2) is 0 Å². The molecule has 1 N–H and O–H groups in total. The first-order chi connectivity index (χ1) is 9.67. The van der Waals surface area contributed by atoms with Gasteiger partial charge in [-0.1, -0.05) is 6.92 Å². The SMILES string of the molecule is CCc1cc(CNc2cc(OC)ccc2OC)n(C)n1. The lowest BCUT2D eigenvalue weighted by molar-refractivity contribution is 0.404. The van der Waals surface area contributed by atoms with E-state index in [9.17, 15) is 0 Å². The molecule has 0 amide bonds. The molecule has 1 aromatic heterocycles. The van der Waals surface area contributed by atoms with E-state index in [-0.39, 0.29) is 0 Å². The highest BCUT2D eigenvalue weighted by Crippen LogP contribution is 2.29. The van der Waals surface area contributed by atoms with E-state index in [1.165, 1.54) is 0 Å². The van der Waals surface area contributed by atoms with E-state index >= 15 is 0 Å². The molecule has 20 heavy (non-hydrogen) atoms. The van der Waals surface area contributed by atoms with Crippen molar-refractivity contribution in [2.24, 2.45) is 7.05 Å². The fourth-order valence-corrected chi connectivity index (χ4v) is 2.05. The van der Waals surface area contributed by atoms with Gasteiger partial charge in [0.2, 0.25) is 0 Å². The van der Waals surface area contributed by atoms with Gasteiger partial charge >= 0.3 is 0 Å². The van der Waals surface area contributed by atoms with Crippen molar-refractivity contribution in [3.63, 3.8) is 0 Å². The Labute approximate surface area is 119 Å². The average molecular weight is 275 g/mol. The number of hydrogen-bond acceptors (Lipinski definition) is 4. The summed E-state index contributed by atoms with van der Waals surface area (Å²) in [6, 6.07) is 7.81. The van der Waals surface area contributed by atoms with Gasteiger partial charge in [-0.15, -0.1) is 0 Å². The van der Waals surface area contributed by atoms with E-state index in [1.54, 1.807) is 14.2 Å². The van der Waals surface area contributed by atoms with E-state index in [0.717, 1.165) is 35.0 Å². The number of rotatable bonds is 6. The molecular weight excluding hydrogens is 254 g/mol. The summed E-state index contributed by atoms with van der Waals surface area (Å²) in [6.45, 7) is 2.79. The highest BCUT2D eigenvalue weighted by molar-refractivity contribution is 5.59. The van der Waals surface area contributed by atoms with Crippen molar-refractivity contribution in [1.82, 2.24) is 9.78 Å². The smallest absolute Gasteiger partial charge is 0.142 e. The Kier molecular flexibility index (Phi) is 4.50. The number of aromatic nitrogens is 2. The molecule has 5 nitrogen and oxygen atoms in total. The van der Waals surface area contributed by atoms with Crippen LogP contribution in [0.2, 0.25) is 0 Å². The number of aryl methyl sites for hydroxylation is 2. The van der Waals surface area contributed by atoms with Crippen LogP contribution in [0.3, 0.4) is 0 Å². The number of ether oxygens (including phenoxy) is 2. The molecule has 0 saturated carbocycles. The first kappa shape index (κ1) is 14.2. The molecule has 2 rings (SSSR count). The second-order valence-electron chi connectivity index (χ2n) is 4.52. The average Bonchev–Trinajstić information content (AvgIpc) is 2.85. The van der Waals surface area contributed by atoms with E-state index in [0.29, 0.717) is 6.54 Å². The van der Waals surface area contributed by atoms with Crippen molar-refractivity contribution >= 4 is 5.69 Å². The summed E-state index contributed by atoms with van der Waals surface area (Å²) in [7, 11) is 5.27. The van der Waals surface area contributed by atoms with Crippen LogP contribution in [0, 0.1) is 0 Å². The van der Waals surface area contributed by atoms with E-state index in [4.69, 9.17) is 9.47 Å². The van der Waals surface area contributed by atoms with Crippen molar-refractivity contribution < 1.29 is 9.47 Å². The molecule has 0 aliphatic heterocycles. The lowest BCUT2D eigenvalue weighted by Crippen LogP contribution is -2.06. The summed E-state index contributed by atoms with van der Waals surface area (Å²) >= 11 is 0. The Bertz CT molecular complexity index is 578. The van der Waals surface area contributed by atoms with Crippen molar-refractivity contribution in [1.29, 1.82) is 0 Å². The minimum absolute atomic E-state index is 0.688. The molecule has 0 bridgehead atoms. The standard InChI is InChI=1S/C15H21N3O2/c1-5-11-8-12(18(2)17-11)10-16-14-9-13(19-3)6-7-15(14)20-4/h6-9,16H,5,10H2,1-4H3. The van der Waals surface area contributed by atoms with Crippen molar-refractivity contribution in [3.8, 4) is 11.5 Å². The largest absolute Gasteiger partial charge is 0.497 e. The van der Waals surface area contributed by atoms with Gasteiger partial charge < -0.3 is 14.8 Å². The number of hydrogen-bond donors (Lipinski definition) is 1. The summed E-state index contributed by atoms with van der Waals surface area (Å²) in [5, 5.41) is 7.81. The fraction of sp³-hybridized carbons (Fsp3) is 0.400. The molecule has 0 aliphatic carbocycles. The quantitative estimate of drug-likeness (QED) is 0.880. The Morgan fingerprint density at radius 1 is 1.20 bits per heavy atom. The third-order valence-electron chi connectivity index (χ3n) is 3.26. The molecule has 0 saturated heterocycles. The highest BCUT2D eigenvalue weighted by atomic mass is 16.5. The van der Waals surface area contributed by atoms with Crippen LogP contribution in [0.15, 0.2) is 24.3 Å². The van der Waals surface area contributed by atoms with Crippen LogP contribution in [0.1, 0.15) is 18.3 Å². The second kappa shape index (κ2) is 6.32. The molecule has 0 atom stereocenters. The van der Waals surface area contributed by atoms with Gasteiger partial charge in [-0.2, -0.15) is 5.10 Å². The second-order valence-corrected chi connectivity index (χ2v) is 4.52. The zero-order chi connectivity index (χ0) is 14.5. The van der Waals surface area contributed by atoms with Gasteiger partial charge in [-0.05, 0) is 24.6 Å². The molecule has 5 heteroatoms. The van der Waals surface area contributed by atoms with E-state index in [2.05, 4.69) is 23.4 Å². The summed E-state index contributed by atoms with van der Waals surface area (Å²) < 4.78 is 12.5. The maximum atomic E-state index is 5.35. The van der Waals surface area contributed by atoms with Crippen molar-refractivity contribution in [3.05, 3.63) is 35.7 Å². The van der Waals surface area contributed by atoms with Gasteiger partial charge in [0.1, 0.15) is 11.5 Å². The molecule has 0 radical (unpaired) electrons. The van der Waals surface area contributed by atoms with Gasteiger partial charge in [0.05, 0.1) is 37.8 Å². The van der Waals surface area contributed by atoms with Crippen LogP contribution in [0.25, 0.3) is 0 Å². The number of anilines is 1. The van der Waals surface area contributed by atoms with Crippen LogP contribution in [-0.2, 0) is 20.0 Å². The zero-order valence-corrected chi connectivity index (χ0v) is 12.4. The lowest BCUT2D eigenvalue weighted by atomic mass is 10.2. The minimum Gasteiger partial charge on any atom is -0.497 e. The molecule has 0 spiro atoms. The molecular formula is C15H21N3O2. The number of benzene rings is 1. The van der Waals surface area contributed by atoms with Crippen molar-refractivity contribution in [2.45, 2.75) is 19.9 Å². The first-order valence-electron chi connectivity index (χ1n) is 6.65. The minimum atomic E-state index is 0.688. The molecule has 0 unspecified atom stereocenters. The van der Waals surface area contributed by atoms with Gasteiger partial charge in [-0.3, -0.25) is 4.68 Å². The Balaban J connectivity index is 2.14.